The van der Waals surface area contributed by atoms with Gasteiger partial charge in [-0.1, -0.05) is 18.2 Å². The number of phenolic OH excluding ortho intramolecular Hbond substituents is 1. The van der Waals surface area contributed by atoms with Gasteiger partial charge in [-0.3, -0.25) is 19.9 Å². The number of alkyl halides is 3. The lowest BCUT2D eigenvalue weighted by Gasteiger charge is -2.19. The van der Waals surface area contributed by atoms with Crippen LogP contribution in [0.4, 0.5) is 30.2 Å². The van der Waals surface area contributed by atoms with Crippen LogP contribution in [0.3, 0.4) is 0 Å². The molecule has 4 rings (SSSR count). The molecule has 0 bridgehead atoms. The van der Waals surface area contributed by atoms with Gasteiger partial charge in [0.05, 0.1) is 16.9 Å². The maximum atomic E-state index is 13.5. The molecule has 0 aromatic heterocycles. The SMILES string of the molecule is Cc1ccc(N2C(=O)C(=NNc3cccc(CCCC(=O)O)c3O)c3ccc(C(F)(F)F)cc32)cc1C. The molecule has 0 aliphatic carbocycles. The van der Waals surface area contributed by atoms with Gasteiger partial charge in [-0.15, -0.1) is 0 Å². The Morgan fingerprint density at radius 1 is 1.05 bits per heavy atom. The molecular weight excluding hydrogens is 487 g/mol. The number of amides is 1. The van der Waals surface area contributed by atoms with Gasteiger partial charge in [0.15, 0.2) is 5.71 Å². The Kier molecular flexibility index (Phi) is 6.93. The second kappa shape index (κ2) is 9.96. The lowest BCUT2D eigenvalue weighted by molar-refractivity contribution is -0.138. The first-order valence-corrected chi connectivity index (χ1v) is 11.5. The molecule has 1 aliphatic rings. The van der Waals surface area contributed by atoms with Gasteiger partial charge in [0.2, 0.25) is 0 Å². The summed E-state index contributed by atoms with van der Waals surface area (Å²) in [4.78, 5) is 25.4. The fourth-order valence-electron chi connectivity index (χ4n) is 4.08. The minimum atomic E-state index is -4.60. The molecule has 192 valence electrons. The average Bonchev–Trinajstić information content (AvgIpc) is 3.11. The third-order valence-corrected chi connectivity index (χ3v) is 6.22. The van der Waals surface area contributed by atoms with Crippen molar-refractivity contribution >= 4 is 34.7 Å². The molecule has 0 atom stereocenters. The summed E-state index contributed by atoms with van der Waals surface area (Å²) in [6, 6.07) is 13.0. The van der Waals surface area contributed by atoms with Crippen molar-refractivity contribution in [1.82, 2.24) is 0 Å². The molecule has 0 saturated carbocycles. The molecule has 0 spiro atoms. The predicted octanol–water partition coefficient (Wildman–Crippen LogP) is 5.93. The maximum absolute atomic E-state index is 13.5. The number of rotatable bonds is 7. The van der Waals surface area contributed by atoms with Crippen LogP contribution in [-0.2, 0) is 22.2 Å². The number of nitrogens with zero attached hydrogens (tertiary/aromatic N) is 2. The van der Waals surface area contributed by atoms with E-state index in [0.29, 0.717) is 24.1 Å². The van der Waals surface area contributed by atoms with E-state index in [1.165, 1.54) is 17.0 Å². The van der Waals surface area contributed by atoms with Gasteiger partial charge in [0.1, 0.15) is 5.75 Å². The van der Waals surface area contributed by atoms with Crippen molar-refractivity contribution in [3.8, 4) is 5.75 Å². The van der Waals surface area contributed by atoms with E-state index in [1.54, 1.807) is 30.3 Å². The van der Waals surface area contributed by atoms with Crippen molar-refractivity contribution in [1.29, 1.82) is 0 Å². The Morgan fingerprint density at radius 2 is 1.81 bits per heavy atom. The number of aromatic hydroxyl groups is 1. The molecule has 3 aromatic carbocycles. The number of hydrogen-bond donors (Lipinski definition) is 3. The van der Waals surface area contributed by atoms with Crippen LogP contribution in [0.2, 0.25) is 0 Å². The monoisotopic (exact) mass is 511 g/mol. The molecule has 10 heteroatoms. The Morgan fingerprint density at radius 3 is 2.49 bits per heavy atom. The van der Waals surface area contributed by atoms with Gasteiger partial charge in [-0.05, 0) is 79.8 Å². The molecule has 1 heterocycles. The number of carboxylic acids is 1. The Hall–Kier alpha value is -4.34. The van der Waals surface area contributed by atoms with Gasteiger partial charge < -0.3 is 10.2 Å². The summed E-state index contributed by atoms with van der Waals surface area (Å²) >= 11 is 0. The van der Waals surface area contributed by atoms with Crippen molar-refractivity contribution in [3.05, 3.63) is 82.4 Å². The van der Waals surface area contributed by atoms with Crippen LogP contribution >= 0.6 is 0 Å². The summed E-state index contributed by atoms with van der Waals surface area (Å²) in [5, 5.41) is 23.6. The van der Waals surface area contributed by atoms with Gasteiger partial charge in [-0.25, -0.2) is 0 Å². The first-order valence-electron chi connectivity index (χ1n) is 11.5. The molecule has 7 nitrogen and oxygen atoms in total. The summed E-state index contributed by atoms with van der Waals surface area (Å²) < 4.78 is 40.4. The van der Waals surface area contributed by atoms with Crippen LogP contribution < -0.4 is 10.3 Å². The molecule has 0 saturated heterocycles. The summed E-state index contributed by atoms with van der Waals surface area (Å²) in [6.07, 6.45) is -4.02. The number of nitrogens with one attached hydrogen (secondary N) is 1. The lowest BCUT2D eigenvalue weighted by Crippen LogP contribution is -2.26. The van der Waals surface area contributed by atoms with Crippen LogP contribution in [0, 0.1) is 13.8 Å². The summed E-state index contributed by atoms with van der Waals surface area (Å²) in [5.41, 5.74) is 4.82. The molecule has 37 heavy (non-hydrogen) atoms. The fourth-order valence-corrected chi connectivity index (χ4v) is 4.08. The van der Waals surface area contributed by atoms with Crippen molar-refractivity contribution in [2.75, 3.05) is 10.3 Å². The summed E-state index contributed by atoms with van der Waals surface area (Å²) in [5.74, 6) is -1.72. The average molecular weight is 512 g/mol. The third-order valence-electron chi connectivity index (χ3n) is 6.22. The van der Waals surface area contributed by atoms with E-state index in [0.717, 1.165) is 23.3 Å². The summed E-state index contributed by atoms with van der Waals surface area (Å²) in [7, 11) is 0. The van der Waals surface area contributed by atoms with E-state index in [4.69, 9.17) is 5.11 Å². The van der Waals surface area contributed by atoms with Gasteiger partial charge >= 0.3 is 12.1 Å². The number of aliphatic carboxylic acids is 1. The van der Waals surface area contributed by atoms with Crippen LogP contribution in [0.25, 0.3) is 0 Å². The first-order chi connectivity index (χ1) is 17.5. The number of anilines is 3. The van der Waals surface area contributed by atoms with E-state index >= 15 is 0 Å². The zero-order valence-corrected chi connectivity index (χ0v) is 20.1. The number of aryl methyl sites for hydroxylation is 3. The Bertz CT molecular complexity index is 1420. The molecule has 0 unspecified atom stereocenters. The van der Waals surface area contributed by atoms with Crippen LogP contribution in [0.5, 0.6) is 5.75 Å². The normalized spacial score (nSPS) is 14.2. The quantitative estimate of drug-likeness (QED) is 0.270. The minimum absolute atomic E-state index is 0.0512. The van der Waals surface area contributed by atoms with Gasteiger partial charge in [0, 0.05) is 17.7 Å². The van der Waals surface area contributed by atoms with Crippen molar-refractivity contribution in [3.63, 3.8) is 0 Å². The summed E-state index contributed by atoms with van der Waals surface area (Å²) in [6.45, 7) is 3.73. The largest absolute Gasteiger partial charge is 0.505 e. The van der Waals surface area contributed by atoms with Crippen molar-refractivity contribution in [2.45, 2.75) is 39.3 Å². The standard InChI is InChI=1S/C27H24F3N3O4/c1-15-9-11-19(13-16(15)2)33-22-14-18(27(28,29)30)10-12-20(22)24(26(33)37)32-31-21-7-3-5-17(25(21)36)6-4-8-23(34)35/h3,5,7,9-14,31,36H,4,6,8H2,1-2H3,(H,34,35). The van der Waals surface area contributed by atoms with Crippen LogP contribution in [0.1, 0.15) is 40.7 Å². The smallest absolute Gasteiger partial charge is 0.416 e. The van der Waals surface area contributed by atoms with Gasteiger partial charge in [0.25, 0.3) is 5.91 Å². The molecule has 3 N–H and O–H groups in total. The zero-order valence-electron chi connectivity index (χ0n) is 20.1. The number of carboxylic acid groups (broad SMARTS) is 1. The lowest BCUT2D eigenvalue weighted by atomic mass is 10.1. The highest BCUT2D eigenvalue weighted by Gasteiger charge is 2.39. The second-order valence-corrected chi connectivity index (χ2v) is 8.77. The Balaban J connectivity index is 1.72. The predicted molar refractivity (Wildman–Crippen MR) is 133 cm³/mol. The number of hydrazone groups is 1. The molecule has 0 fully saturated rings. The Labute approximate surface area is 210 Å². The van der Waals surface area contributed by atoms with E-state index in [9.17, 15) is 27.9 Å². The van der Waals surface area contributed by atoms with E-state index < -0.39 is 23.6 Å². The highest BCUT2D eigenvalue weighted by atomic mass is 19.4. The number of para-hydroxylation sites is 1. The molecular formula is C27H24F3N3O4. The number of hydrogen-bond acceptors (Lipinski definition) is 5. The maximum Gasteiger partial charge on any atom is 0.416 e. The van der Waals surface area contributed by atoms with Crippen LogP contribution in [0.15, 0.2) is 59.7 Å². The topological polar surface area (TPSA) is 102 Å². The van der Waals surface area contributed by atoms with E-state index in [-0.39, 0.29) is 34.8 Å². The molecule has 1 aliphatic heterocycles. The van der Waals surface area contributed by atoms with E-state index in [1.807, 2.05) is 13.8 Å². The molecule has 0 radical (unpaired) electrons. The van der Waals surface area contributed by atoms with Crippen molar-refractivity contribution in [2.24, 2.45) is 5.10 Å². The number of phenols is 1. The number of carbonyl (C=O) groups is 2. The second-order valence-electron chi connectivity index (χ2n) is 8.77. The zero-order chi connectivity index (χ0) is 26.9. The molecule has 1 amide bonds. The fraction of sp³-hybridized carbons (Fsp3) is 0.222. The van der Waals surface area contributed by atoms with Crippen molar-refractivity contribution < 1.29 is 33.0 Å². The highest BCUT2D eigenvalue weighted by Crippen LogP contribution is 2.41. The number of benzene rings is 3. The number of halogens is 3. The molecule has 3 aromatic rings. The number of carbonyl (C=O) groups excluding carboxylic acids is 1. The first kappa shape index (κ1) is 25.7. The van der Waals surface area contributed by atoms with Gasteiger partial charge in [-0.2, -0.15) is 18.3 Å². The van der Waals surface area contributed by atoms with Crippen LogP contribution in [-0.4, -0.2) is 27.8 Å². The third kappa shape index (κ3) is 5.28. The minimum Gasteiger partial charge on any atom is -0.505 e. The number of fused-ring (bicyclic) bond motifs is 1. The van der Waals surface area contributed by atoms with E-state index in [2.05, 4.69) is 10.5 Å². The highest BCUT2D eigenvalue weighted by molar-refractivity contribution is 6.55.